The monoisotopic (exact) mass is 305 g/mol. The first-order valence-corrected chi connectivity index (χ1v) is 7.44. The van der Waals surface area contributed by atoms with Gasteiger partial charge in [-0.2, -0.15) is 0 Å². The van der Waals surface area contributed by atoms with Crippen LogP contribution in [0.1, 0.15) is 6.92 Å². The third-order valence-electron chi connectivity index (χ3n) is 2.58. The van der Waals surface area contributed by atoms with E-state index in [-0.39, 0.29) is 17.1 Å². The molecule has 0 saturated carbocycles. The molecule has 0 aromatic heterocycles. The van der Waals surface area contributed by atoms with E-state index in [2.05, 4.69) is 4.72 Å². The number of nitrogens with two attached hydrogens (primary N) is 1. The Labute approximate surface area is 118 Å². The second-order valence-electron chi connectivity index (χ2n) is 5.24. The summed E-state index contributed by atoms with van der Waals surface area (Å²) >= 11 is 0. The molecule has 1 aromatic carbocycles. The summed E-state index contributed by atoms with van der Waals surface area (Å²) in [6.07, 6.45) is 0. The number of anilines is 1. The second kappa shape index (κ2) is 6.04. The van der Waals surface area contributed by atoms with Crippen LogP contribution in [0.15, 0.2) is 23.1 Å². The lowest BCUT2D eigenvalue weighted by molar-refractivity contribution is 0.0386. The number of hydrogen-bond donors (Lipinski definition) is 3. The van der Waals surface area contributed by atoms with Crippen LogP contribution < -0.4 is 10.5 Å². The van der Waals surface area contributed by atoms with Crippen LogP contribution in [0.25, 0.3) is 0 Å². The molecule has 0 spiro atoms. The number of nitrogens with zero attached hydrogens (tertiary/aromatic N) is 1. The lowest BCUT2D eigenvalue weighted by atomic mass is 10.1. The van der Waals surface area contributed by atoms with Gasteiger partial charge in [0.15, 0.2) is 0 Å². The predicted molar refractivity (Wildman–Crippen MR) is 75.2 cm³/mol. The Morgan fingerprint density at radius 1 is 1.45 bits per heavy atom. The van der Waals surface area contributed by atoms with Crippen LogP contribution in [0.3, 0.4) is 0 Å². The van der Waals surface area contributed by atoms with E-state index < -0.39 is 21.4 Å². The van der Waals surface area contributed by atoms with Crippen molar-refractivity contribution in [3.63, 3.8) is 0 Å². The molecule has 0 aliphatic rings. The summed E-state index contributed by atoms with van der Waals surface area (Å²) in [5, 5.41) is 10.0. The number of nitrogen functional groups attached to an aromatic ring is 1. The summed E-state index contributed by atoms with van der Waals surface area (Å²) < 4.78 is 39.3. The van der Waals surface area contributed by atoms with Crippen LogP contribution in [-0.4, -0.2) is 51.2 Å². The van der Waals surface area contributed by atoms with Crippen molar-refractivity contribution in [3.05, 3.63) is 24.0 Å². The Kier molecular flexibility index (Phi) is 5.09. The maximum Gasteiger partial charge on any atom is 0.240 e. The molecule has 4 N–H and O–H groups in total. The highest BCUT2D eigenvalue weighted by Gasteiger charge is 2.25. The van der Waals surface area contributed by atoms with Gasteiger partial charge < -0.3 is 15.7 Å². The van der Waals surface area contributed by atoms with E-state index in [1.807, 2.05) is 0 Å². The molecule has 1 atom stereocenters. The highest BCUT2D eigenvalue weighted by atomic mass is 32.2. The number of aliphatic hydroxyl groups is 1. The van der Waals surface area contributed by atoms with E-state index in [0.29, 0.717) is 6.54 Å². The quantitative estimate of drug-likeness (QED) is 0.643. The van der Waals surface area contributed by atoms with Gasteiger partial charge in [-0.3, -0.25) is 0 Å². The first kappa shape index (κ1) is 16.8. The number of benzene rings is 1. The smallest absolute Gasteiger partial charge is 0.240 e. The number of halogens is 1. The Bertz CT molecular complexity index is 573. The van der Waals surface area contributed by atoms with Crippen molar-refractivity contribution >= 4 is 15.7 Å². The van der Waals surface area contributed by atoms with Gasteiger partial charge >= 0.3 is 0 Å². The van der Waals surface area contributed by atoms with Crippen LogP contribution in [0, 0.1) is 5.82 Å². The third-order valence-corrected chi connectivity index (χ3v) is 3.98. The molecule has 0 heterocycles. The van der Waals surface area contributed by atoms with Gasteiger partial charge in [-0.05, 0) is 39.2 Å². The normalized spacial score (nSPS) is 15.3. The van der Waals surface area contributed by atoms with E-state index in [1.54, 1.807) is 19.0 Å². The molecule has 0 bridgehead atoms. The SMILES string of the molecule is CN(C)CC(C)(O)CNS(=O)(=O)c1ccc(F)c(N)c1. The highest BCUT2D eigenvalue weighted by molar-refractivity contribution is 7.89. The Balaban J connectivity index is 2.82. The zero-order chi connectivity index (χ0) is 15.6. The largest absolute Gasteiger partial charge is 0.396 e. The molecule has 1 rings (SSSR count). The third kappa shape index (κ3) is 4.71. The van der Waals surface area contributed by atoms with Gasteiger partial charge in [-0.1, -0.05) is 0 Å². The summed E-state index contributed by atoms with van der Waals surface area (Å²) in [5.74, 6) is -0.677. The minimum atomic E-state index is -3.84. The molecule has 114 valence electrons. The van der Waals surface area contributed by atoms with Gasteiger partial charge in [0, 0.05) is 13.1 Å². The molecule has 0 saturated heterocycles. The van der Waals surface area contributed by atoms with Crippen molar-refractivity contribution in [2.24, 2.45) is 0 Å². The molecule has 20 heavy (non-hydrogen) atoms. The summed E-state index contributed by atoms with van der Waals surface area (Å²) in [7, 11) is -0.309. The van der Waals surface area contributed by atoms with E-state index in [9.17, 15) is 17.9 Å². The lowest BCUT2D eigenvalue weighted by Gasteiger charge is -2.27. The van der Waals surface area contributed by atoms with Crippen molar-refractivity contribution in [2.75, 3.05) is 32.9 Å². The van der Waals surface area contributed by atoms with Gasteiger partial charge in [0.1, 0.15) is 5.82 Å². The highest BCUT2D eigenvalue weighted by Crippen LogP contribution is 2.17. The van der Waals surface area contributed by atoms with Crippen LogP contribution in [-0.2, 0) is 10.0 Å². The Morgan fingerprint density at radius 3 is 2.55 bits per heavy atom. The first-order chi connectivity index (χ1) is 9.03. The number of rotatable bonds is 6. The van der Waals surface area contributed by atoms with Crippen molar-refractivity contribution in [3.8, 4) is 0 Å². The molecule has 1 aromatic rings. The Hall–Kier alpha value is -1.22. The lowest BCUT2D eigenvalue weighted by Crippen LogP contribution is -2.47. The van der Waals surface area contributed by atoms with Crippen molar-refractivity contribution in [1.82, 2.24) is 9.62 Å². The van der Waals surface area contributed by atoms with Crippen molar-refractivity contribution < 1.29 is 17.9 Å². The molecule has 0 amide bonds. The standard InChI is InChI=1S/C12H20FN3O3S/c1-12(17,8-16(2)3)7-15-20(18,19)9-4-5-10(13)11(14)6-9/h4-6,15,17H,7-8,14H2,1-3H3. The molecule has 0 fully saturated rings. The van der Waals surface area contributed by atoms with Gasteiger partial charge in [0.05, 0.1) is 16.2 Å². The number of hydrogen-bond acceptors (Lipinski definition) is 5. The first-order valence-electron chi connectivity index (χ1n) is 5.95. The maximum atomic E-state index is 13.0. The molecule has 0 aliphatic heterocycles. The van der Waals surface area contributed by atoms with E-state index in [4.69, 9.17) is 5.73 Å². The van der Waals surface area contributed by atoms with Gasteiger partial charge in [0.2, 0.25) is 10.0 Å². The van der Waals surface area contributed by atoms with E-state index in [1.165, 1.54) is 6.92 Å². The van der Waals surface area contributed by atoms with Crippen molar-refractivity contribution in [2.45, 2.75) is 17.4 Å². The summed E-state index contributed by atoms with van der Waals surface area (Å²) in [6.45, 7) is 1.65. The summed E-state index contributed by atoms with van der Waals surface area (Å²) in [6, 6.07) is 3.15. The maximum absolute atomic E-state index is 13.0. The van der Waals surface area contributed by atoms with Gasteiger partial charge in [-0.25, -0.2) is 17.5 Å². The van der Waals surface area contributed by atoms with Gasteiger partial charge in [0.25, 0.3) is 0 Å². The molecule has 0 aliphatic carbocycles. The zero-order valence-corrected chi connectivity index (χ0v) is 12.5. The van der Waals surface area contributed by atoms with Crippen LogP contribution in [0.4, 0.5) is 10.1 Å². The fraction of sp³-hybridized carbons (Fsp3) is 0.500. The fourth-order valence-electron chi connectivity index (χ4n) is 1.76. The molecule has 6 nitrogen and oxygen atoms in total. The van der Waals surface area contributed by atoms with Crippen molar-refractivity contribution in [1.29, 1.82) is 0 Å². The van der Waals surface area contributed by atoms with Crippen LogP contribution >= 0.6 is 0 Å². The number of likely N-dealkylation sites (N-methyl/N-ethyl adjacent to an activating group) is 1. The summed E-state index contributed by atoms with van der Waals surface area (Å²) in [5.41, 5.74) is 3.88. The number of sulfonamides is 1. The van der Waals surface area contributed by atoms with E-state index >= 15 is 0 Å². The molecule has 0 radical (unpaired) electrons. The predicted octanol–water partition coefficient (Wildman–Crippen LogP) is -0.00120. The Morgan fingerprint density at radius 2 is 2.05 bits per heavy atom. The zero-order valence-electron chi connectivity index (χ0n) is 11.7. The van der Waals surface area contributed by atoms with E-state index in [0.717, 1.165) is 18.2 Å². The topological polar surface area (TPSA) is 95.7 Å². The van der Waals surface area contributed by atoms with Crippen LogP contribution in [0.5, 0.6) is 0 Å². The van der Waals surface area contributed by atoms with Gasteiger partial charge in [-0.15, -0.1) is 0 Å². The number of nitrogens with one attached hydrogen (secondary N) is 1. The minimum absolute atomic E-state index is 0.142. The molecular formula is C12H20FN3O3S. The molecular weight excluding hydrogens is 285 g/mol. The average molecular weight is 305 g/mol. The fourth-order valence-corrected chi connectivity index (χ4v) is 2.96. The average Bonchev–Trinajstić information content (AvgIpc) is 2.29. The summed E-state index contributed by atoms with van der Waals surface area (Å²) in [4.78, 5) is 1.60. The molecule has 8 heteroatoms. The minimum Gasteiger partial charge on any atom is -0.396 e. The second-order valence-corrected chi connectivity index (χ2v) is 7.01. The molecule has 1 unspecified atom stereocenters. The van der Waals surface area contributed by atoms with Crippen LogP contribution in [0.2, 0.25) is 0 Å².